The Kier molecular flexibility index (Phi) is 6.34. The van der Waals surface area contributed by atoms with Gasteiger partial charge in [-0.15, -0.1) is 10.2 Å². The number of nitrogens with zero attached hydrogens (tertiary/aromatic N) is 2. The number of hydrogen-bond donors (Lipinski definition) is 1. The molecule has 1 heterocycles. The van der Waals surface area contributed by atoms with Crippen molar-refractivity contribution in [3.63, 3.8) is 0 Å². The summed E-state index contributed by atoms with van der Waals surface area (Å²) >= 11 is 0.985. The molecule has 0 saturated carbocycles. The fourth-order valence-electron chi connectivity index (χ4n) is 3.05. The zero-order chi connectivity index (χ0) is 19.4. The minimum atomic E-state index is -0.930. The molecule has 0 atom stereocenters. The summed E-state index contributed by atoms with van der Waals surface area (Å²) in [6, 6.07) is 8.05. The summed E-state index contributed by atoms with van der Waals surface area (Å²) in [4.78, 5) is 10.5. The molecular weight excluding hydrogens is 352 g/mol. The van der Waals surface area contributed by atoms with E-state index in [0.717, 1.165) is 23.9 Å². The average molecular weight is 378 g/mol. The first-order chi connectivity index (χ1) is 12.0. The fraction of sp³-hybridized carbons (Fsp3) is 0.526. The van der Waals surface area contributed by atoms with E-state index in [2.05, 4.69) is 56.9 Å². The van der Waals surface area contributed by atoms with E-state index in [-0.39, 0.29) is 28.4 Å². The number of carboxylic acids is 1. The Morgan fingerprint density at radius 2 is 1.81 bits per heavy atom. The van der Waals surface area contributed by atoms with E-state index >= 15 is 0 Å². The van der Waals surface area contributed by atoms with Crippen molar-refractivity contribution in [3.05, 3.63) is 35.7 Å². The van der Waals surface area contributed by atoms with Crippen molar-refractivity contribution in [1.82, 2.24) is 10.2 Å². The zero-order valence-corrected chi connectivity index (χ0v) is 16.7. The minimum absolute atomic E-state index is 0.0829. The highest BCUT2D eigenvalue weighted by atomic mass is 32.2. The summed E-state index contributed by atoms with van der Waals surface area (Å²) in [6.07, 6.45) is 1.08. The SMILES string of the molecule is CC(C)(C)CC(C)(C)c1ccc(OCc2nnc(SCC(=O)O)o2)cc1. The van der Waals surface area contributed by atoms with E-state index in [9.17, 15) is 4.79 Å². The van der Waals surface area contributed by atoms with Gasteiger partial charge in [0.2, 0.25) is 0 Å². The maximum Gasteiger partial charge on any atom is 0.314 e. The van der Waals surface area contributed by atoms with Crippen molar-refractivity contribution < 1.29 is 19.1 Å². The molecular formula is C19H26N2O4S. The number of rotatable bonds is 8. The molecule has 2 rings (SSSR count). The second-order valence-electron chi connectivity index (χ2n) is 8.08. The van der Waals surface area contributed by atoms with Crippen molar-refractivity contribution in [1.29, 1.82) is 0 Å². The summed E-state index contributed by atoms with van der Waals surface area (Å²) in [5.41, 5.74) is 1.61. The molecule has 0 saturated heterocycles. The summed E-state index contributed by atoms with van der Waals surface area (Å²) in [5.74, 6) is -0.0114. The first kappa shape index (κ1) is 20.3. The van der Waals surface area contributed by atoms with Gasteiger partial charge in [0.15, 0.2) is 6.61 Å². The number of carboxylic acid groups (broad SMARTS) is 1. The molecule has 1 aromatic carbocycles. The summed E-state index contributed by atoms with van der Waals surface area (Å²) in [6.45, 7) is 11.4. The van der Waals surface area contributed by atoms with Gasteiger partial charge in [-0.2, -0.15) is 0 Å². The fourth-order valence-corrected chi connectivity index (χ4v) is 3.55. The van der Waals surface area contributed by atoms with Gasteiger partial charge in [-0.1, -0.05) is 58.5 Å². The van der Waals surface area contributed by atoms with Crippen LogP contribution in [0.5, 0.6) is 5.75 Å². The van der Waals surface area contributed by atoms with Crippen LogP contribution in [0.15, 0.2) is 33.9 Å². The number of benzene rings is 1. The van der Waals surface area contributed by atoms with Crippen LogP contribution in [0.1, 0.15) is 52.5 Å². The van der Waals surface area contributed by atoms with Gasteiger partial charge in [-0.3, -0.25) is 4.79 Å². The molecule has 1 N–H and O–H groups in total. The lowest BCUT2D eigenvalue weighted by Gasteiger charge is -2.33. The van der Waals surface area contributed by atoms with Gasteiger partial charge in [0.05, 0.1) is 0 Å². The van der Waals surface area contributed by atoms with Crippen molar-refractivity contribution in [2.24, 2.45) is 5.41 Å². The minimum Gasteiger partial charge on any atom is -0.484 e. The number of ether oxygens (including phenoxy) is 1. The quantitative estimate of drug-likeness (QED) is 0.675. The predicted molar refractivity (Wildman–Crippen MR) is 101 cm³/mol. The van der Waals surface area contributed by atoms with Crippen molar-refractivity contribution in [2.75, 3.05) is 5.75 Å². The standard InChI is InChI=1S/C19H26N2O4S/c1-18(2,3)12-19(4,5)13-6-8-14(9-7-13)24-10-15-20-21-17(25-15)26-11-16(22)23/h6-9H,10-12H2,1-5H3,(H,22,23). The number of aromatic nitrogens is 2. The maximum atomic E-state index is 10.5. The number of carbonyl (C=O) groups is 1. The van der Waals surface area contributed by atoms with Crippen molar-refractivity contribution in [2.45, 2.75) is 58.3 Å². The second kappa shape index (κ2) is 8.12. The third kappa shape index (κ3) is 6.37. The Morgan fingerprint density at radius 1 is 1.15 bits per heavy atom. The van der Waals surface area contributed by atoms with Gasteiger partial charge in [0.1, 0.15) is 11.5 Å². The lowest BCUT2D eigenvalue weighted by molar-refractivity contribution is -0.133. The normalized spacial score (nSPS) is 12.2. The van der Waals surface area contributed by atoms with E-state index in [1.165, 1.54) is 5.56 Å². The molecule has 6 nitrogen and oxygen atoms in total. The van der Waals surface area contributed by atoms with Crippen molar-refractivity contribution >= 4 is 17.7 Å². The Labute approximate surface area is 158 Å². The van der Waals surface area contributed by atoms with Crippen LogP contribution in [0.4, 0.5) is 0 Å². The molecule has 0 fully saturated rings. The zero-order valence-electron chi connectivity index (χ0n) is 15.9. The Morgan fingerprint density at radius 3 is 2.38 bits per heavy atom. The molecule has 0 aliphatic carbocycles. The van der Waals surface area contributed by atoms with Crippen LogP contribution in [0.2, 0.25) is 0 Å². The first-order valence-electron chi connectivity index (χ1n) is 8.45. The molecule has 2 aromatic rings. The Balaban J connectivity index is 1.92. The summed E-state index contributed by atoms with van der Waals surface area (Å²) in [5, 5.41) is 16.5. The summed E-state index contributed by atoms with van der Waals surface area (Å²) < 4.78 is 11.0. The molecule has 0 spiro atoms. The molecule has 0 unspecified atom stereocenters. The topological polar surface area (TPSA) is 85.5 Å². The molecule has 0 bridgehead atoms. The molecule has 0 aliphatic heterocycles. The molecule has 26 heavy (non-hydrogen) atoms. The van der Waals surface area contributed by atoms with E-state index < -0.39 is 5.97 Å². The van der Waals surface area contributed by atoms with E-state index in [1.54, 1.807) is 0 Å². The lowest BCUT2D eigenvalue weighted by atomic mass is 9.72. The molecule has 7 heteroatoms. The highest BCUT2D eigenvalue weighted by Gasteiger charge is 2.27. The van der Waals surface area contributed by atoms with E-state index in [1.807, 2.05) is 12.1 Å². The van der Waals surface area contributed by atoms with Gasteiger partial charge >= 0.3 is 5.97 Å². The van der Waals surface area contributed by atoms with Gasteiger partial charge in [-0.25, -0.2) is 0 Å². The predicted octanol–water partition coefficient (Wildman–Crippen LogP) is 4.54. The molecule has 1 aromatic heterocycles. The Bertz CT molecular complexity index is 733. The van der Waals surface area contributed by atoms with E-state index in [0.29, 0.717) is 5.89 Å². The van der Waals surface area contributed by atoms with Crippen LogP contribution in [0.25, 0.3) is 0 Å². The van der Waals surface area contributed by atoms with Gasteiger partial charge < -0.3 is 14.3 Å². The second-order valence-corrected chi connectivity index (χ2v) is 9.01. The Hall–Kier alpha value is -2.02. The summed E-state index contributed by atoms with van der Waals surface area (Å²) in [7, 11) is 0. The van der Waals surface area contributed by atoms with Crippen LogP contribution in [-0.4, -0.2) is 27.0 Å². The third-order valence-electron chi connectivity index (χ3n) is 3.74. The largest absolute Gasteiger partial charge is 0.484 e. The number of aliphatic carboxylic acids is 1. The van der Waals surface area contributed by atoms with Crippen LogP contribution >= 0.6 is 11.8 Å². The first-order valence-corrected chi connectivity index (χ1v) is 9.44. The monoisotopic (exact) mass is 378 g/mol. The molecule has 142 valence electrons. The molecule has 0 amide bonds. The van der Waals surface area contributed by atoms with Gasteiger partial charge in [0, 0.05) is 0 Å². The van der Waals surface area contributed by atoms with Gasteiger partial charge in [0.25, 0.3) is 11.1 Å². The van der Waals surface area contributed by atoms with Crippen LogP contribution in [-0.2, 0) is 16.8 Å². The van der Waals surface area contributed by atoms with Crippen LogP contribution in [0.3, 0.4) is 0 Å². The lowest BCUT2D eigenvalue weighted by Crippen LogP contribution is -2.24. The smallest absolute Gasteiger partial charge is 0.314 e. The number of hydrogen-bond acceptors (Lipinski definition) is 6. The van der Waals surface area contributed by atoms with Crippen LogP contribution < -0.4 is 4.74 Å². The van der Waals surface area contributed by atoms with Gasteiger partial charge in [-0.05, 0) is 34.9 Å². The van der Waals surface area contributed by atoms with E-state index in [4.69, 9.17) is 14.3 Å². The number of thioether (sulfide) groups is 1. The highest BCUT2D eigenvalue weighted by molar-refractivity contribution is 7.99. The van der Waals surface area contributed by atoms with Crippen LogP contribution in [0, 0.1) is 5.41 Å². The molecule has 0 radical (unpaired) electrons. The highest BCUT2D eigenvalue weighted by Crippen LogP contribution is 2.36. The molecule has 0 aliphatic rings. The third-order valence-corrected chi connectivity index (χ3v) is 4.54. The average Bonchev–Trinajstić information content (AvgIpc) is 2.97. The maximum absolute atomic E-state index is 10.5. The van der Waals surface area contributed by atoms with Crippen molar-refractivity contribution in [3.8, 4) is 5.75 Å².